The fraction of sp³-hybridized carbons (Fsp3) is 0.412. The fourth-order valence-corrected chi connectivity index (χ4v) is 2.61. The number of halogens is 1. The van der Waals surface area contributed by atoms with Gasteiger partial charge in [0, 0.05) is 32.1 Å². The molecule has 5 heteroatoms. The van der Waals surface area contributed by atoms with Crippen LogP contribution in [0.2, 0.25) is 0 Å². The van der Waals surface area contributed by atoms with Gasteiger partial charge < -0.3 is 9.26 Å². The molecule has 1 aliphatic rings. The second-order valence-electron chi connectivity index (χ2n) is 5.67. The lowest BCUT2D eigenvalue weighted by atomic mass is 10.00. The first-order valence-corrected chi connectivity index (χ1v) is 7.51. The third kappa shape index (κ3) is 3.80. The minimum atomic E-state index is -0.270. The van der Waals surface area contributed by atoms with Crippen molar-refractivity contribution in [1.82, 2.24) is 5.16 Å². The first kappa shape index (κ1) is 14.9. The minimum Gasteiger partial charge on any atom is -0.381 e. The molecule has 3 rings (SSSR count). The lowest BCUT2D eigenvalue weighted by molar-refractivity contribution is 0.0962. The van der Waals surface area contributed by atoms with E-state index in [1.165, 1.54) is 12.1 Å². The fourth-order valence-electron chi connectivity index (χ4n) is 2.61. The Balaban J connectivity index is 1.55. The van der Waals surface area contributed by atoms with Crippen molar-refractivity contribution < 1.29 is 18.4 Å². The summed E-state index contributed by atoms with van der Waals surface area (Å²) in [4.78, 5) is 12.1. The summed E-state index contributed by atoms with van der Waals surface area (Å²) in [6.45, 7) is 1.55. The number of ether oxygens (including phenoxy) is 1. The van der Waals surface area contributed by atoms with Crippen LogP contribution in [0.1, 0.15) is 41.1 Å². The number of Topliss-reactive ketones (excluding diaryl/α,β-unsaturated/α-hetero) is 1. The molecule has 0 aliphatic carbocycles. The number of rotatable bonds is 6. The van der Waals surface area contributed by atoms with Gasteiger partial charge in [-0.1, -0.05) is 17.3 Å². The van der Waals surface area contributed by atoms with Crippen molar-refractivity contribution in [1.29, 1.82) is 0 Å². The third-order valence-electron chi connectivity index (χ3n) is 3.94. The van der Waals surface area contributed by atoms with Crippen molar-refractivity contribution in [3.8, 4) is 0 Å². The average Bonchev–Trinajstić information content (AvgIpc) is 3.19. The van der Waals surface area contributed by atoms with Crippen molar-refractivity contribution in [3.05, 3.63) is 53.2 Å². The van der Waals surface area contributed by atoms with Crippen LogP contribution in [0.25, 0.3) is 0 Å². The Morgan fingerprint density at radius 3 is 2.86 bits per heavy atom. The van der Waals surface area contributed by atoms with Crippen molar-refractivity contribution >= 4 is 5.78 Å². The highest BCUT2D eigenvalue weighted by molar-refractivity contribution is 5.94. The van der Waals surface area contributed by atoms with Gasteiger partial charge in [-0.2, -0.15) is 0 Å². The molecule has 1 fully saturated rings. The van der Waals surface area contributed by atoms with Crippen LogP contribution in [0.4, 0.5) is 4.39 Å². The normalized spacial score (nSPS) is 17.8. The van der Waals surface area contributed by atoms with Crippen LogP contribution in [-0.2, 0) is 11.2 Å². The lowest BCUT2D eigenvalue weighted by Crippen LogP contribution is -2.05. The number of aromatic nitrogens is 1. The van der Waals surface area contributed by atoms with Gasteiger partial charge in [-0.3, -0.25) is 4.79 Å². The second kappa shape index (κ2) is 6.83. The molecule has 1 atom stereocenters. The molecule has 1 aliphatic heterocycles. The van der Waals surface area contributed by atoms with Crippen LogP contribution in [0.3, 0.4) is 0 Å². The highest BCUT2D eigenvalue weighted by atomic mass is 19.1. The van der Waals surface area contributed by atoms with Gasteiger partial charge in [-0.15, -0.1) is 0 Å². The van der Waals surface area contributed by atoms with Crippen molar-refractivity contribution in [2.45, 2.75) is 25.7 Å². The summed E-state index contributed by atoms with van der Waals surface area (Å²) in [5.41, 5.74) is 1.29. The topological polar surface area (TPSA) is 52.3 Å². The number of hydrogen-bond donors (Lipinski definition) is 0. The number of ketones is 1. The predicted octanol–water partition coefficient (Wildman–Crippen LogP) is 3.40. The highest BCUT2D eigenvalue weighted by Crippen LogP contribution is 2.20. The predicted molar refractivity (Wildman–Crippen MR) is 78.2 cm³/mol. The van der Waals surface area contributed by atoms with E-state index in [-0.39, 0.29) is 11.6 Å². The molecular weight excluding hydrogens is 285 g/mol. The zero-order chi connectivity index (χ0) is 15.4. The Morgan fingerprint density at radius 1 is 1.32 bits per heavy atom. The average molecular weight is 303 g/mol. The van der Waals surface area contributed by atoms with E-state index in [1.807, 2.05) is 0 Å². The van der Waals surface area contributed by atoms with E-state index in [9.17, 15) is 9.18 Å². The molecule has 1 unspecified atom stereocenters. The maximum atomic E-state index is 12.9. The Kier molecular flexibility index (Phi) is 4.63. The highest BCUT2D eigenvalue weighted by Gasteiger charge is 2.19. The van der Waals surface area contributed by atoms with E-state index < -0.39 is 0 Å². The molecule has 0 radical (unpaired) electrons. The summed E-state index contributed by atoms with van der Waals surface area (Å²) < 4.78 is 23.4. The molecule has 1 aromatic carbocycles. The molecular formula is C17H18FNO3. The van der Waals surface area contributed by atoms with Gasteiger partial charge in [-0.25, -0.2) is 4.39 Å². The molecule has 0 N–H and O–H groups in total. The molecule has 2 heterocycles. The Labute approximate surface area is 128 Å². The van der Waals surface area contributed by atoms with Crippen LogP contribution < -0.4 is 0 Å². The Bertz CT molecular complexity index is 630. The van der Waals surface area contributed by atoms with Crippen LogP contribution in [0, 0.1) is 11.7 Å². The molecule has 2 aromatic rings. The van der Waals surface area contributed by atoms with Crippen LogP contribution >= 0.6 is 0 Å². The summed E-state index contributed by atoms with van der Waals surface area (Å²) in [7, 11) is 0. The summed E-state index contributed by atoms with van der Waals surface area (Å²) >= 11 is 0. The van der Waals surface area contributed by atoms with Gasteiger partial charge in [0.05, 0.1) is 0 Å². The van der Waals surface area contributed by atoms with Gasteiger partial charge in [0.2, 0.25) is 0 Å². The molecule has 22 heavy (non-hydrogen) atoms. The monoisotopic (exact) mass is 303 g/mol. The van der Waals surface area contributed by atoms with Crippen LogP contribution in [0.5, 0.6) is 0 Å². The minimum absolute atomic E-state index is 0.000932. The van der Waals surface area contributed by atoms with E-state index in [4.69, 9.17) is 9.26 Å². The van der Waals surface area contributed by atoms with Crippen LogP contribution in [0.15, 0.2) is 34.9 Å². The standard InChI is InChI=1S/C17H18FNO3/c18-14-4-1-12(2-5-14)9-15-10-16(19-22-15)17(20)6-3-13-7-8-21-11-13/h1-2,4-5,10,13H,3,6-9,11H2. The second-order valence-corrected chi connectivity index (χ2v) is 5.67. The molecule has 0 bridgehead atoms. The maximum Gasteiger partial charge on any atom is 0.184 e. The molecule has 0 saturated carbocycles. The SMILES string of the molecule is O=C(CCC1CCOC1)c1cc(Cc2ccc(F)cc2)on1. The first-order valence-electron chi connectivity index (χ1n) is 7.51. The van der Waals surface area contributed by atoms with Crippen LogP contribution in [-0.4, -0.2) is 24.2 Å². The number of benzene rings is 1. The smallest absolute Gasteiger partial charge is 0.184 e. The zero-order valence-electron chi connectivity index (χ0n) is 12.3. The third-order valence-corrected chi connectivity index (χ3v) is 3.94. The van der Waals surface area contributed by atoms with Gasteiger partial charge in [0.1, 0.15) is 17.3 Å². The summed E-state index contributed by atoms with van der Waals surface area (Å²) in [5, 5.41) is 3.85. The number of carbonyl (C=O) groups is 1. The summed E-state index contributed by atoms with van der Waals surface area (Å²) in [5.74, 6) is 0.822. The zero-order valence-corrected chi connectivity index (χ0v) is 12.3. The molecule has 0 spiro atoms. The Hall–Kier alpha value is -2.01. The largest absolute Gasteiger partial charge is 0.381 e. The number of nitrogens with zero attached hydrogens (tertiary/aromatic N) is 1. The summed E-state index contributed by atoms with van der Waals surface area (Å²) in [6.07, 6.45) is 2.83. The molecule has 1 saturated heterocycles. The number of hydrogen-bond acceptors (Lipinski definition) is 4. The van der Waals surface area contributed by atoms with E-state index in [0.29, 0.717) is 30.2 Å². The quantitative estimate of drug-likeness (QED) is 0.767. The van der Waals surface area contributed by atoms with E-state index in [0.717, 1.165) is 31.6 Å². The van der Waals surface area contributed by atoms with Crippen molar-refractivity contribution in [3.63, 3.8) is 0 Å². The molecule has 1 aromatic heterocycles. The van der Waals surface area contributed by atoms with Crippen molar-refractivity contribution in [2.24, 2.45) is 5.92 Å². The maximum absolute atomic E-state index is 12.9. The Morgan fingerprint density at radius 2 is 2.14 bits per heavy atom. The number of carbonyl (C=O) groups excluding carboxylic acids is 1. The van der Waals surface area contributed by atoms with Gasteiger partial charge in [-0.05, 0) is 36.5 Å². The van der Waals surface area contributed by atoms with Crippen molar-refractivity contribution in [2.75, 3.05) is 13.2 Å². The lowest BCUT2D eigenvalue weighted by Gasteiger charge is -2.04. The molecule has 4 nitrogen and oxygen atoms in total. The van der Waals surface area contributed by atoms with Gasteiger partial charge in [0.15, 0.2) is 5.78 Å². The van der Waals surface area contributed by atoms with Gasteiger partial charge >= 0.3 is 0 Å². The van der Waals surface area contributed by atoms with E-state index in [2.05, 4.69) is 5.16 Å². The molecule has 116 valence electrons. The first-order chi connectivity index (χ1) is 10.7. The molecule has 0 amide bonds. The van der Waals surface area contributed by atoms with Gasteiger partial charge in [0.25, 0.3) is 0 Å². The van der Waals surface area contributed by atoms with E-state index in [1.54, 1.807) is 18.2 Å². The van der Waals surface area contributed by atoms with E-state index >= 15 is 0 Å². The summed E-state index contributed by atoms with van der Waals surface area (Å²) in [6, 6.07) is 7.87.